The summed E-state index contributed by atoms with van der Waals surface area (Å²) in [6.07, 6.45) is 3.07. The normalized spacial score (nSPS) is 10.1. The third kappa shape index (κ3) is 2.66. The molecule has 2 aromatic heterocycles. The lowest BCUT2D eigenvalue weighted by Crippen LogP contribution is -2.24. The highest BCUT2D eigenvalue weighted by Gasteiger charge is 2.07. The van der Waals surface area contributed by atoms with Gasteiger partial charge >= 0.3 is 0 Å². The SMILES string of the molecule is N#Cc1cc(Cn2ncc(Br)c(Br)c2=O)ccn1. The van der Waals surface area contributed by atoms with E-state index in [2.05, 4.69) is 41.9 Å². The lowest BCUT2D eigenvalue weighted by Gasteiger charge is -2.05. The predicted molar refractivity (Wildman–Crippen MR) is 72.0 cm³/mol. The van der Waals surface area contributed by atoms with E-state index in [9.17, 15) is 4.79 Å². The third-order valence-electron chi connectivity index (χ3n) is 2.21. The fourth-order valence-corrected chi connectivity index (χ4v) is 1.93. The third-order valence-corrected chi connectivity index (χ3v) is 4.11. The number of rotatable bonds is 2. The number of nitrogens with zero attached hydrogens (tertiary/aromatic N) is 4. The quantitative estimate of drug-likeness (QED) is 0.812. The number of nitriles is 1. The molecule has 0 amide bonds. The molecule has 0 saturated carbocycles. The van der Waals surface area contributed by atoms with Crippen LogP contribution in [0.1, 0.15) is 11.3 Å². The molecular weight excluding hydrogens is 364 g/mol. The first-order valence-corrected chi connectivity index (χ1v) is 6.46. The zero-order valence-corrected chi connectivity index (χ0v) is 12.1. The molecule has 0 radical (unpaired) electrons. The van der Waals surface area contributed by atoms with Crippen LogP contribution in [0, 0.1) is 11.3 Å². The fourth-order valence-electron chi connectivity index (χ4n) is 1.36. The van der Waals surface area contributed by atoms with Crippen LogP contribution in [0.25, 0.3) is 0 Å². The van der Waals surface area contributed by atoms with E-state index in [0.29, 0.717) is 21.2 Å². The highest BCUT2D eigenvalue weighted by molar-refractivity contribution is 9.13. The monoisotopic (exact) mass is 368 g/mol. The summed E-state index contributed by atoms with van der Waals surface area (Å²) in [5.74, 6) is 0. The van der Waals surface area contributed by atoms with Crippen LogP contribution in [0.15, 0.2) is 38.3 Å². The second kappa shape index (κ2) is 5.42. The van der Waals surface area contributed by atoms with E-state index in [4.69, 9.17) is 5.26 Å². The van der Waals surface area contributed by atoms with Crippen molar-refractivity contribution in [3.63, 3.8) is 0 Å². The Labute approximate surface area is 119 Å². The van der Waals surface area contributed by atoms with Crippen LogP contribution < -0.4 is 5.56 Å². The molecule has 0 fully saturated rings. The Bertz CT molecular complexity index is 690. The van der Waals surface area contributed by atoms with Crippen molar-refractivity contribution in [1.29, 1.82) is 5.26 Å². The van der Waals surface area contributed by atoms with Gasteiger partial charge in [-0.15, -0.1) is 0 Å². The summed E-state index contributed by atoms with van der Waals surface area (Å²) in [5, 5.41) is 12.8. The van der Waals surface area contributed by atoms with E-state index in [-0.39, 0.29) is 5.56 Å². The topological polar surface area (TPSA) is 71.6 Å². The first-order valence-electron chi connectivity index (χ1n) is 4.88. The Morgan fingerprint density at radius 2 is 2.22 bits per heavy atom. The molecule has 5 nitrogen and oxygen atoms in total. The molecule has 2 aromatic rings. The molecule has 2 heterocycles. The predicted octanol–water partition coefficient (Wildman–Crippen LogP) is 2.08. The van der Waals surface area contributed by atoms with E-state index in [1.807, 2.05) is 6.07 Å². The van der Waals surface area contributed by atoms with Gasteiger partial charge in [-0.25, -0.2) is 9.67 Å². The molecule has 0 aliphatic rings. The summed E-state index contributed by atoms with van der Waals surface area (Å²) in [6, 6.07) is 5.32. The van der Waals surface area contributed by atoms with Crippen LogP contribution >= 0.6 is 31.9 Å². The van der Waals surface area contributed by atoms with Crippen molar-refractivity contribution in [1.82, 2.24) is 14.8 Å². The molecule has 90 valence electrons. The van der Waals surface area contributed by atoms with E-state index < -0.39 is 0 Å². The van der Waals surface area contributed by atoms with Crippen molar-refractivity contribution in [2.24, 2.45) is 0 Å². The number of aromatic nitrogens is 3. The van der Waals surface area contributed by atoms with Crippen molar-refractivity contribution >= 4 is 31.9 Å². The second-order valence-corrected chi connectivity index (χ2v) is 5.08. The Hall–Kier alpha value is -1.52. The average molecular weight is 370 g/mol. The highest BCUT2D eigenvalue weighted by atomic mass is 79.9. The molecule has 0 spiro atoms. The summed E-state index contributed by atoms with van der Waals surface area (Å²) in [6.45, 7) is 0.294. The molecule has 0 bridgehead atoms. The minimum Gasteiger partial charge on any atom is -0.266 e. The van der Waals surface area contributed by atoms with Crippen molar-refractivity contribution < 1.29 is 0 Å². The maximum Gasteiger partial charge on any atom is 0.282 e. The molecule has 0 N–H and O–H groups in total. The van der Waals surface area contributed by atoms with Gasteiger partial charge in [0, 0.05) is 6.20 Å². The molecule has 2 rings (SSSR count). The molecule has 0 saturated heterocycles. The van der Waals surface area contributed by atoms with Crippen LogP contribution in [0.5, 0.6) is 0 Å². The van der Waals surface area contributed by atoms with E-state index in [1.54, 1.807) is 12.1 Å². The highest BCUT2D eigenvalue weighted by Crippen LogP contribution is 2.16. The lowest BCUT2D eigenvalue weighted by molar-refractivity contribution is 0.632. The van der Waals surface area contributed by atoms with Gasteiger partial charge in [0.25, 0.3) is 5.56 Å². The van der Waals surface area contributed by atoms with Gasteiger partial charge in [0.1, 0.15) is 16.2 Å². The molecule has 0 atom stereocenters. The number of halogens is 2. The summed E-state index contributed by atoms with van der Waals surface area (Å²) in [7, 11) is 0. The number of pyridine rings is 1. The van der Waals surface area contributed by atoms with Gasteiger partial charge in [0.15, 0.2) is 0 Å². The molecule has 0 aromatic carbocycles. The maximum absolute atomic E-state index is 11.9. The van der Waals surface area contributed by atoms with Crippen LogP contribution in [0.3, 0.4) is 0 Å². The summed E-state index contributed by atoms with van der Waals surface area (Å²) < 4.78 is 2.34. The van der Waals surface area contributed by atoms with Gasteiger partial charge in [-0.3, -0.25) is 4.79 Å². The van der Waals surface area contributed by atoms with Crippen molar-refractivity contribution in [2.45, 2.75) is 6.54 Å². The van der Waals surface area contributed by atoms with Crippen molar-refractivity contribution in [3.05, 3.63) is 55.1 Å². The van der Waals surface area contributed by atoms with E-state index >= 15 is 0 Å². The molecule has 7 heteroatoms. The Morgan fingerprint density at radius 1 is 1.44 bits per heavy atom. The minimum atomic E-state index is -0.236. The molecular formula is C11H6Br2N4O. The van der Waals surface area contributed by atoms with E-state index in [0.717, 1.165) is 5.56 Å². The average Bonchev–Trinajstić information content (AvgIpc) is 2.40. The van der Waals surface area contributed by atoms with Gasteiger partial charge < -0.3 is 0 Å². The second-order valence-electron chi connectivity index (χ2n) is 3.43. The Balaban J connectivity index is 2.38. The molecule has 0 aliphatic heterocycles. The first-order chi connectivity index (χ1) is 8.61. The largest absolute Gasteiger partial charge is 0.282 e. The summed E-state index contributed by atoms with van der Waals surface area (Å²) >= 11 is 6.40. The van der Waals surface area contributed by atoms with E-state index in [1.165, 1.54) is 17.1 Å². The standard InChI is InChI=1S/C11H6Br2N4O/c12-9-5-16-17(11(18)10(9)13)6-7-1-2-15-8(3-7)4-14/h1-3,5H,6H2. The van der Waals surface area contributed by atoms with Crippen molar-refractivity contribution in [3.8, 4) is 6.07 Å². The van der Waals surface area contributed by atoms with Gasteiger partial charge in [0.05, 0.1) is 17.2 Å². The van der Waals surface area contributed by atoms with Crippen LogP contribution in [-0.2, 0) is 6.54 Å². The summed E-state index contributed by atoms with van der Waals surface area (Å²) in [5.41, 5.74) is 0.877. The number of hydrogen-bond donors (Lipinski definition) is 0. The van der Waals surface area contributed by atoms with Gasteiger partial charge in [-0.2, -0.15) is 10.4 Å². The lowest BCUT2D eigenvalue weighted by atomic mass is 10.2. The Morgan fingerprint density at radius 3 is 2.94 bits per heavy atom. The molecule has 18 heavy (non-hydrogen) atoms. The Kier molecular flexibility index (Phi) is 3.89. The van der Waals surface area contributed by atoms with Crippen molar-refractivity contribution in [2.75, 3.05) is 0 Å². The minimum absolute atomic E-state index is 0.236. The van der Waals surface area contributed by atoms with Crippen LogP contribution in [-0.4, -0.2) is 14.8 Å². The fraction of sp³-hybridized carbons (Fsp3) is 0.0909. The van der Waals surface area contributed by atoms with Crippen LogP contribution in [0.2, 0.25) is 0 Å². The van der Waals surface area contributed by atoms with Gasteiger partial charge in [-0.1, -0.05) is 0 Å². The summed E-state index contributed by atoms with van der Waals surface area (Å²) in [4.78, 5) is 15.8. The maximum atomic E-state index is 11.9. The van der Waals surface area contributed by atoms with Gasteiger partial charge in [0.2, 0.25) is 0 Å². The molecule has 0 aliphatic carbocycles. The zero-order chi connectivity index (χ0) is 13.1. The van der Waals surface area contributed by atoms with Crippen LogP contribution in [0.4, 0.5) is 0 Å². The number of hydrogen-bond acceptors (Lipinski definition) is 4. The molecule has 0 unspecified atom stereocenters. The smallest absolute Gasteiger partial charge is 0.266 e. The van der Waals surface area contributed by atoms with Gasteiger partial charge in [-0.05, 0) is 49.6 Å². The first kappa shape index (κ1) is 12.9. The zero-order valence-electron chi connectivity index (χ0n) is 8.97.